The summed E-state index contributed by atoms with van der Waals surface area (Å²) in [6, 6.07) is 0. The standard InChI is InChI=1S/C5H12INO/c1-5(2,6)8-7(3)4/h1-4H3. The Balaban J connectivity index is 3.39. The fraction of sp³-hybridized carbons (Fsp3) is 1.00. The predicted molar refractivity (Wildman–Crippen MR) is 42.9 cm³/mol. The maximum Gasteiger partial charge on any atom is 0.135 e. The molecule has 0 saturated carbocycles. The van der Waals surface area contributed by atoms with E-state index in [1.807, 2.05) is 27.9 Å². The van der Waals surface area contributed by atoms with Crippen LogP contribution in [0.25, 0.3) is 0 Å². The Labute approximate surface area is 64.3 Å². The molecule has 0 N–H and O–H groups in total. The van der Waals surface area contributed by atoms with Crippen molar-refractivity contribution < 1.29 is 4.84 Å². The average Bonchev–Trinajstić information content (AvgIpc) is 1.21. The Morgan fingerprint density at radius 1 is 1.38 bits per heavy atom. The van der Waals surface area contributed by atoms with Crippen molar-refractivity contribution in [3.63, 3.8) is 0 Å². The van der Waals surface area contributed by atoms with Gasteiger partial charge >= 0.3 is 0 Å². The van der Waals surface area contributed by atoms with Crippen LogP contribution < -0.4 is 0 Å². The molecule has 0 aliphatic heterocycles. The Hall–Kier alpha value is 0.650. The van der Waals surface area contributed by atoms with Crippen molar-refractivity contribution in [1.29, 1.82) is 0 Å². The summed E-state index contributed by atoms with van der Waals surface area (Å²) >= 11 is 2.23. The van der Waals surface area contributed by atoms with Gasteiger partial charge in [-0.05, 0) is 36.4 Å². The minimum absolute atomic E-state index is 0.0821. The average molecular weight is 229 g/mol. The van der Waals surface area contributed by atoms with Gasteiger partial charge in [-0.2, -0.15) is 5.06 Å². The van der Waals surface area contributed by atoms with Gasteiger partial charge < -0.3 is 0 Å². The third-order valence-corrected chi connectivity index (χ3v) is 0.597. The first-order valence-corrected chi connectivity index (χ1v) is 3.55. The third kappa shape index (κ3) is 6.65. The Morgan fingerprint density at radius 3 is 1.75 bits per heavy atom. The number of alkyl halides is 1. The first-order valence-electron chi connectivity index (χ1n) is 2.47. The van der Waals surface area contributed by atoms with Crippen molar-refractivity contribution >= 4 is 22.6 Å². The minimum atomic E-state index is -0.0821. The van der Waals surface area contributed by atoms with Crippen molar-refractivity contribution in [2.24, 2.45) is 0 Å². The first kappa shape index (κ1) is 8.65. The predicted octanol–water partition coefficient (Wildman–Crippen LogP) is 1.65. The molecule has 0 radical (unpaired) electrons. The molecule has 0 unspecified atom stereocenters. The summed E-state index contributed by atoms with van der Waals surface area (Å²) in [6.45, 7) is 4.01. The number of hydrogen-bond donors (Lipinski definition) is 0. The van der Waals surface area contributed by atoms with Crippen LogP contribution in [0.2, 0.25) is 0 Å². The van der Waals surface area contributed by atoms with Crippen LogP contribution in [0, 0.1) is 0 Å². The van der Waals surface area contributed by atoms with Crippen molar-refractivity contribution in [2.75, 3.05) is 14.1 Å². The van der Waals surface area contributed by atoms with Gasteiger partial charge in [0.25, 0.3) is 0 Å². The van der Waals surface area contributed by atoms with Gasteiger partial charge in [0.15, 0.2) is 0 Å². The molecular weight excluding hydrogens is 217 g/mol. The molecule has 0 atom stereocenters. The Morgan fingerprint density at radius 2 is 1.75 bits per heavy atom. The van der Waals surface area contributed by atoms with Crippen LogP contribution in [-0.2, 0) is 4.84 Å². The van der Waals surface area contributed by atoms with Crippen LogP contribution in [-0.4, -0.2) is 22.8 Å². The number of hydrogen-bond acceptors (Lipinski definition) is 2. The molecule has 0 spiro atoms. The number of nitrogens with zero attached hydrogens (tertiary/aromatic N) is 1. The molecule has 0 rings (SSSR count). The number of rotatable bonds is 2. The fourth-order valence-corrected chi connectivity index (χ4v) is 0.828. The van der Waals surface area contributed by atoms with E-state index in [-0.39, 0.29) is 3.61 Å². The van der Waals surface area contributed by atoms with Crippen LogP contribution in [0.4, 0.5) is 0 Å². The Kier molecular flexibility index (Phi) is 3.23. The highest BCUT2D eigenvalue weighted by Crippen LogP contribution is 2.17. The molecule has 50 valence electrons. The lowest BCUT2D eigenvalue weighted by Gasteiger charge is -2.21. The van der Waals surface area contributed by atoms with E-state index in [2.05, 4.69) is 22.6 Å². The second-order valence-corrected chi connectivity index (χ2v) is 4.86. The zero-order valence-corrected chi connectivity index (χ0v) is 7.89. The molecule has 0 fully saturated rings. The second-order valence-electron chi connectivity index (χ2n) is 2.27. The largest absolute Gasteiger partial charge is 0.283 e. The van der Waals surface area contributed by atoms with Gasteiger partial charge in [-0.3, -0.25) is 4.84 Å². The van der Waals surface area contributed by atoms with E-state index in [0.29, 0.717) is 0 Å². The smallest absolute Gasteiger partial charge is 0.135 e. The van der Waals surface area contributed by atoms with E-state index in [9.17, 15) is 0 Å². The van der Waals surface area contributed by atoms with Crippen LogP contribution in [0.3, 0.4) is 0 Å². The number of halogens is 1. The summed E-state index contributed by atoms with van der Waals surface area (Å²) in [5.74, 6) is 0. The summed E-state index contributed by atoms with van der Waals surface area (Å²) in [7, 11) is 3.75. The highest BCUT2D eigenvalue weighted by molar-refractivity contribution is 14.1. The molecule has 0 saturated heterocycles. The molecule has 0 aliphatic rings. The van der Waals surface area contributed by atoms with Crippen LogP contribution in [0.1, 0.15) is 13.8 Å². The molecule has 3 heteroatoms. The highest BCUT2D eigenvalue weighted by Gasteiger charge is 2.13. The molecule has 0 aliphatic carbocycles. The quantitative estimate of drug-likeness (QED) is 0.405. The second kappa shape index (κ2) is 2.98. The van der Waals surface area contributed by atoms with Crippen molar-refractivity contribution in [3.05, 3.63) is 0 Å². The van der Waals surface area contributed by atoms with E-state index >= 15 is 0 Å². The van der Waals surface area contributed by atoms with Crippen molar-refractivity contribution in [2.45, 2.75) is 17.5 Å². The van der Waals surface area contributed by atoms with Gasteiger partial charge in [-0.1, -0.05) is 0 Å². The SMILES string of the molecule is CN(C)OC(C)(C)I. The first-order chi connectivity index (χ1) is 3.42. The molecule has 0 amide bonds. The highest BCUT2D eigenvalue weighted by atomic mass is 127. The van der Waals surface area contributed by atoms with Gasteiger partial charge in [-0.25, -0.2) is 0 Å². The van der Waals surface area contributed by atoms with Gasteiger partial charge in [0, 0.05) is 14.1 Å². The summed E-state index contributed by atoms with van der Waals surface area (Å²) < 4.78 is -0.0821. The lowest BCUT2D eigenvalue weighted by Crippen LogP contribution is -2.25. The lowest BCUT2D eigenvalue weighted by molar-refractivity contribution is -0.159. The van der Waals surface area contributed by atoms with E-state index in [0.717, 1.165) is 0 Å². The van der Waals surface area contributed by atoms with E-state index in [1.54, 1.807) is 5.06 Å². The summed E-state index contributed by atoms with van der Waals surface area (Å²) in [6.07, 6.45) is 0. The molecule has 2 nitrogen and oxygen atoms in total. The summed E-state index contributed by atoms with van der Waals surface area (Å²) in [5, 5.41) is 1.70. The van der Waals surface area contributed by atoms with Gasteiger partial charge in [0.1, 0.15) is 3.61 Å². The molecule has 0 bridgehead atoms. The summed E-state index contributed by atoms with van der Waals surface area (Å²) in [5.41, 5.74) is 0. The maximum absolute atomic E-state index is 5.26. The zero-order chi connectivity index (χ0) is 6.78. The van der Waals surface area contributed by atoms with Gasteiger partial charge in [-0.15, -0.1) is 0 Å². The van der Waals surface area contributed by atoms with Crippen LogP contribution in [0.5, 0.6) is 0 Å². The van der Waals surface area contributed by atoms with E-state index < -0.39 is 0 Å². The zero-order valence-electron chi connectivity index (χ0n) is 5.73. The van der Waals surface area contributed by atoms with Crippen molar-refractivity contribution in [1.82, 2.24) is 5.06 Å². The minimum Gasteiger partial charge on any atom is -0.283 e. The lowest BCUT2D eigenvalue weighted by atomic mass is 10.5. The third-order valence-electron chi connectivity index (χ3n) is 0.400. The monoisotopic (exact) mass is 229 g/mol. The van der Waals surface area contributed by atoms with E-state index in [4.69, 9.17) is 4.84 Å². The van der Waals surface area contributed by atoms with Gasteiger partial charge in [0.05, 0.1) is 0 Å². The topological polar surface area (TPSA) is 12.5 Å². The number of hydroxylamine groups is 2. The molecule has 0 aromatic heterocycles. The fourth-order valence-electron chi connectivity index (χ4n) is 0.434. The molecule has 0 aromatic carbocycles. The molecule has 8 heavy (non-hydrogen) atoms. The summed E-state index contributed by atoms with van der Waals surface area (Å²) in [4.78, 5) is 5.26. The van der Waals surface area contributed by atoms with Crippen LogP contribution in [0.15, 0.2) is 0 Å². The normalized spacial score (nSPS) is 12.8. The van der Waals surface area contributed by atoms with Crippen LogP contribution >= 0.6 is 22.6 Å². The van der Waals surface area contributed by atoms with Crippen molar-refractivity contribution in [3.8, 4) is 0 Å². The maximum atomic E-state index is 5.26. The molecule has 0 heterocycles. The van der Waals surface area contributed by atoms with E-state index in [1.165, 1.54) is 0 Å². The van der Waals surface area contributed by atoms with Gasteiger partial charge in [0.2, 0.25) is 0 Å². The Bertz CT molecular complexity index is 67.3. The molecule has 0 aromatic rings. The molecular formula is C5H12INO.